The zero-order valence-corrected chi connectivity index (χ0v) is 17.0. The highest BCUT2D eigenvalue weighted by Gasteiger charge is 2.44. The van der Waals surface area contributed by atoms with Crippen molar-refractivity contribution in [2.45, 2.75) is 23.5 Å². The van der Waals surface area contributed by atoms with Gasteiger partial charge in [0, 0.05) is 33.6 Å². The molecule has 152 valence electrons. The molecule has 0 saturated heterocycles. The highest BCUT2D eigenvalue weighted by molar-refractivity contribution is 9.10. The van der Waals surface area contributed by atoms with E-state index in [4.69, 9.17) is 5.14 Å². The van der Waals surface area contributed by atoms with Crippen molar-refractivity contribution in [1.82, 2.24) is 4.98 Å². The molecule has 0 fully saturated rings. The second kappa shape index (κ2) is 6.85. The summed E-state index contributed by atoms with van der Waals surface area (Å²) < 4.78 is 63.9. The number of primary sulfonamides is 1. The van der Waals surface area contributed by atoms with Crippen molar-refractivity contribution in [1.29, 1.82) is 0 Å². The number of hydrogen-bond donors (Lipinski definition) is 2. The van der Waals surface area contributed by atoms with E-state index in [-0.39, 0.29) is 11.3 Å². The van der Waals surface area contributed by atoms with Gasteiger partial charge in [0.15, 0.2) is 0 Å². The smallest absolute Gasteiger partial charge is 0.361 e. The molecule has 1 unspecified atom stereocenters. The second-order valence-electron chi connectivity index (χ2n) is 6.58. The van der Waals surface area contributed by atoms with Crippen LogP contribution in [-0.4, -0.2) is 25.3 Å². The molecule has 0 amide bonds. The Balaban J connectivity index is 1.80. The predicted octanol–water partition coefficient (Wildman–Crippen LogP) is 4.45. The lowest BCUT2D eigenvalue weighted by molar-refractivity contribution is -0.0600. The molecule has 1 aliphatic heterocycles. The van der Waals surface area contributed by atoms with E-state index in [1.807, 2.05) is 18.2 Å². The van der Waals surface area contributed by atoms with Crippen LogP contribution < -0.4 is 10.1 Å². The average molecular weight is 487 g/mol. The van der Waals surface area contributed by atoms with Gasteiger partial charge in [-0.05, 0) is 36.4 Å². The van der Waals surface area contributed by atoms with Gasteiger partial charge < -0.3 is 4.98 Å². The summed E-state index contributed by atoms with van der Waals surface area (Å²) in [6, 6.07) is 10.0. The summed E-state index contributed by atoms with van der Waals surface area (Å²) in [6.07, 6.45) is -3.23. The number of hydrazone groups is 1. The van der Waals surface area contributed by atoms with Gasteiger partial charge in [-0.15, -0.1) is 0 Å². The summed E-state index contributed by atoms with van der Waals surface area (Å²) in [7, 11) is -3.91. The molecule has 3 N–H and O–H groups in total. The van der Waals surface area contributed by atoms with Crippen LogP contribution in [0.15, 0.2) is 63.1 Å². The van der Waals surface area contributed by atoms with Crippen molar-refractivity contribution in [2.75, 3.05) is 5.01 Å². The van der Waals surface area contributed by atoms with E-state index in [1.54, 1.807) is 6.20 Å². The largest absolute Gasteiger partial charge is 0.431 e. The van der Waals surface area contributed by atoms with Crippen molar-refractivity contribution in [3.05, 3.63) is 58.7 Å². The maximum Gasteiger partial charge on any atom is 0.431 e. The Morgan fingerprint density at radius 1 is 1.17 bits per heavy atom. The molecule has 4 rings (SSSR count). The Hall–Kier alpha value is -2.37. The molecule has 0 spiro atoms. The van der Waals surface area contributed by atoms with E-state index in [2.05, 4.69) is 26.0 Å². The molecule has 1 aliphatic rings. The van der Waals surface area contributed by atoms with Crippen molar-refractivity contribution in [3.63, 3.8) is 0 Å². The quantitative estimate of drug-likeness (QED) is 0.572. The number of fused-ring (bicyclic) bond motifs is 1. The van der Waals surface area contributed by atoms with Gasteiger partial charge in [0.1, 0.15) is 5.71 Å². The minimum atomic E-state index is -4.57. The molecule has 0 aliphatic carbocycles. The predicted molar refractivity (Wildman–Crippen MR) is 107 cm³/mol. The standard InChI is InChI=1S/C18H14BrF3N4O2S/c19-10-1-6-13-14(9-24-15(13)7-10)16-8-17(18(20,21)22)25-26(16)11-2-4-12(5-3-11)29(23,27)28/h1-7,9,16,24H,8H2,(H2,23,27,28). The molecule has 0 radical (unpaired) electrons. The number of rotatable bonds is 3. The van der Waals surface area contributed by atoms with E-state index in [1.165, 1.54) is 29.3 Å². The third kappa shape index (κ3) is 3.77. The molecule has 3 aromatic rings. The molecule has 1 atom stereocenters. The minimum Gasteiger partial charge on any atom is -0.361 e. The number of anilines is 1. The number of sulfonamides is 1. The molecule has 2 heterocycles. The number of alkyl halides is 3. The van der Waals surface area contributed by atoms with Crippen LogP contribution in [0.25, 0.3) is 10.9 Å². The first-order valence-corrected chi connectivity index (χ1v) is 10.7. The van der Waals surface area contributed by atoms with Gasteiger partial charge in [0.05, 0.1) is 16.6 Å². The van der Waals surface area contributed by atoms with E-state index in [9.17, 15) is 21.6 Å². The summed E-state index contributed by atoms with van der Waals surface area (Å²) in [5.74, 6) is 0. The number of aromatic nitrogens is 1. The lowest BCUT2D eigenvalue weighted by Gasteiger charge is -2.23. The van der Waals surface area contributed by atoms with Gasteiger partial charge in [-0.1, -0.05) is 22.0 Å². The first kappa shape index (κ1) is 19.9. The third-order valence-corrected chi connectivity index (χ3v) is 6.12. The van der Waals surface area contributed by atoms with E-state index >= 15 is 0 Å². The van der Waals surface area contributed by atoms with Crippen molar-refractivity contribution in [3.8, 4) is 0 Å². The lowest BCUT2D eigenvalue weighted by atomic mass is 10.0. The number of benzene rings is 2. The molecule has 2 aromatic carbocycles. The Morgan fingerprint density at radius 2 is 1.86 bits per heavy atom. The second-order valence-corrected chi connectivity index (χ2v) is 9.06. The van der Waals surface area contributed by atoms with Gasteiger partial charge in [-0.3, -0.25) is 5.01 Å². The fraction of sp³-hybridized carbons (Fsp3) is 0.167. The molecular weight excluding hydrogens is 473 g/mol. The zero-order chi connectivity index (χ0) is 21.0. The molecular formula is C18H14BrF3N4O2S. The number of aromatic amines is 1. The van der Waals surface area contributed by atoms with E-state index in [0.717, 1.165) is 15.4 Å². The van der Waals surface area contributed by atoms with Gasteiger partial charge in [-0.25, -0.2) is 13.6 Å². The van der Waals surface area contributed by atoms with E-state index < -0.39 is 28.0 Å². The summed E-state index contributed by atoms with van der Waals surface area (Å²) >= 11 is 3.37. The van der Waals surface area contributed by atoms with Gasteiger partial charge in [0.2, 0.25) is 10.0 Å². The van der Waals surface area contributed by atoms with Gasteiger partial charge >= 0.3 is 6.18 Å². The van der Waals surface area contributed by atoms with Crippen molar-refractivity contribution in [2.24, 2.45) is 10.2 Å². The summed E-state index contributed by atoms with van der Waals surface area (Å²) in [4.78, 5) is 2.95. The zero-order valence-electron chi connectivity index (χ0n) is 14.6. The molecule has 29 heavy (non-hydrogen) atoms. The third-order valence-electron chi connectivity index (χ3n) is 4.70. The molecule has 0 saturated carbocycles. The van der Waals surface area contributed by atoms with Crippen LogP contribution in [-0.2, 0) is 10.0 Å². The fourth-order valence-electron chi connectivity index (χ4n) is 3.35. The van der Waals surface area contributed by atoms with E-state index in [0.29, 0.717) is 11.3 Å². The normalized spacial score (nSPS) is 17.8. The number of nitrogens with two attached hydrogens (primary N) is 1. The van der Waals surface area contributed by atoms with Crippen LogP contribution in [0, 0.1) is 0 Å². The fourth-order valence-corrected chi connectivity index (χ4v) is 4.22. The molecule has 0 bridgehead atoms. The summed E-state index contributed by atoms with van der Waals surface area (Å²) in [5, 5.41) is 10.9. The Labute approximate surface area is 172 Å². The van der Waals surface area contributed by atoms with Crippen LogP contribution in [0.1, 0.15) is 18.0 Å². The average Bonchev–Trinajstić information content (AvgIpc) is 3.24. The van der Waals surface area contributed by atoms with Crippen molar-refractivity contribution >= 4 is 48.3 Å². The highest BCUT2D eigenvalue weighted by Crippen LogP contribution is 2.41. The molecule has 1 aromatic heterocycles. The topological polar surface area (TPSA) is 91.6 Å². The first-order chi connectivity index (χ1) is 13.5. The maximum absolute atomic E-state index is 13.4. The number of hydrogen-bond acceptors (Lipinski definition) is 4. The van der Waals surface area contributed by atoms with Crippen LogP contribution >= 0.6 is 15.9 Å². The molecule has 6 nitrogen and oxygen atoms in total. The van der Waals surface area contributed by atoms with Crippen LogP contribution in [0.3, 0.4) is 0 Å². The Bertz CT molecular complexity index is 1220. The lowest BCUT2D eigenvalue weighted by Crippen LogP contribution is -2.21. The number of nitrogens with zero attached hydrogens (tertiary/aromatic N) is 2. The number of nitrogens with one attached hydrogen (secondary N) is 1. The number of H-pyrrole nitrogens is 1. The van der Waals surface area contributed by atoms with Crippen LogP contribution in [0.4, 0.5) is 18.9 Å². The minimum absolute atomic E-state index is 0.131. The van der Waals surface area contributed by atoms with Gasteiger partial charge in [0.25, 0.3) is 0 Å². The SMILES string of the molecule is NS(=O)(=O)c1ccc(N2N=C(C(F)(F)F)CC2c2c[nH]c3cc(Br)ccc23)cc1. The van der Waals surface area contributed by atoms with Gasteiger partial charge in [-0.2, -0.15) is 18.3 Å². The highest BCUT2D eigenvalue weighted by atomic mass is 79.9. The maximum atomic E-state index is 13.4. The Kier molecular flexibility index (Phi) is 4.71. The van der Waals surface area contributed by atoms with Crippen molar-refractivity contribution < 1.29 is 21.6 Å². The van der Waals surface area contributed by atoms with Crippen LogP contribution in [0.2, 0.25) is 0 Å². The summed E-state index contributed by atoms with van der Waals surface area (Å²) in [6.45, 7) is 0. The van der Waals surface area contributed by atoms with Crippen LogP contribution in [0.5, 0.6) is 0 Å². The monoisotopic (exact) mass is 486 g/mol. The Morgan fingerprint density at radius 3 is 2.48 bits per heavy atom. The number of halogens is 4. The molecule has 11 heteroatoms. The first-order valence-electron chi connectivity index (χ1n) is 8.37. The summed E-state index contributed by atoms with van der Waals surface area (Å²) in [5.41, 5.74) is 0.864.